The zero-order valence-corrected chi connectivity index (χ0v) is 13.3. The van der Waals surface area contributed by atoms with E-state index in [2.05, 4.69) is 0 Å². The van der Waals surface area contributed by atoms with E-state index in [1.165, 1.54) is 0 Å². The molecule has 0 saturated heterocycles. The normalized spacial score (nSPS) is 13.7. The molecule has 0 fully saturated rings. The quantitative estimate of drug-likeness (QED) is 0.691. The van der Waals surface area contributed by atoms with Gasteiger partial charge in [0.1, 0.15) is 5.75 Å². The molecular weight excluding hydrogens is 296 g/mol. The highest BCUT2D eigenvalue weighted by Crippen LogP contribution is 2.30. The van der Waals surface area contributed by atoms with E-state index < -0.39 is 0 Å². The van der Waals surface area contributed by atoms with E-state index in [1.54, 1.807) is 18.3 Å². The van der Waals surface area contributed by atoms with Gasteiger partial charge in [-0.05, 0) is 23.3 Å². The Morgan fingerprint density at radius 3 is 1.92 bits per heavy atom. The largest absolute Gasteiger partial charge is 0.507 e. The van der Waals surface area contributed by atoms with Crippen LogP contribution in [0.25, 0.3) is 0 Å². The number of nitrogens with zero attached hydrogens (tertiary/aromatic N) is 1. The van der Waals surface area contributed by atoms with Gasteiger partial charge in [0, 0.05) is 11.8 Å². The van der Waals surface area contributed by atoms with Crippen molar-refractivity contribution in [2.24, 2.45) is 10.7 Å². The van der Waals surface area contributed by atoms with Gasteiger partial charge in [-0.3, -0.25) is 4.99 Å². The van der Waals surface area contributed by atoms with Gasteiger partial charge in [0.05, 0.1) is 12.1 Å². The van der Waals surface area contributed by atoms with E-state index in [0.717, 1.165) is 11.1 Å². The number of phenols is 1. The Kier molecular flexibility index (Phi) is 5.04. The predicted molar refractivity (Wildman–Crippen MR) is 98.3 cm³/mol. The van der Waals surface area contributed by atoms with Crippen LogP contribution in [0.4, 0.5) is 0 Å². The molecule has 120 valence electrons. The lowest BCUT2D eigenvalue weighted by molar-refractivity contribution is 0.474. The van der Waals surface area contributed by atoms with Crippen molar-refractivity contribution in [1.29, 1.82) is 0 Å². The van der Waals surface area contributed by atoms with Crippen LogP contribution in [-0.2, 0) is 0 Å². The highest BCUT2D eigenvalue weighted by atomic mass is 16.3. The first kappa shape index (κ1) is 16.0. The van der Waals surface area contributed by atoms with E-state index in [-0.39, 0.29) is 17.8 Å². The molecular formula is C21H20N2O. The minimum absolute atomic E-state index is 0.210. The number of hydrogen-bond donors (Lipinski definition) is 2. The number of para-hydroxylation sites is 1. The summed E-state index contributed by atoms with van der Waals surface area (Å²) in [6.07, 6.45) is 1.69. The summed E-state index contributed by atoms with van der Waals surface area (Å²) in [6.45, 7) is 0. The first-order valence-electron chi connectivity index (χ1n) is 7.92. The van der Waals surface area contributed by atoms with Crippen molar-refractivity contribution < 1.29 is 5.11 Å². The fraction of sp³-hybridized carbons (Fsp3) is 0.0952. The van der Waals surface area contributed by atoms with Crippen molar-refractivity contribution in [3.8, 4) is 5.75 Å². The maximum Gasteiger partial charge on any atom is 0.124 e. The van der Waals surface area contributed by atoms with Crippen LogP contribution < -0.4 is 5.73 Å². The monoisotopic (exact) mass is 316 g/mol. The van der Waals surface area contributed by atoms with Gasteiger partial charge in [-0.15, -0.1) is 0 Å². The average Bonchev–Trinajstić information content (AvgIpc) is 2.65. The van der Waals surface area contributed by atoms with E-state index in [9.17, 15) is 5.11 Å². The molecule has 0 aromatic heterocycles. The molecule has 0 radical (unpaired) electrons. The third-order valence-corrected chi connectivity index (χ3v) is 3.98. The lowest BCUT2D eigenvalue weighted by atomic mass is 9.94. The van der Waals surface area contributed by atoms with Gasteiger partial charge in [-0.2, -0.15) is 0 Å². The molecule has 0 aliphatic rings. The van der Waals surface area contributed by atoms with Crippen molar-refractivity contribution in [2.45, 2.75) is 12.1 Å². The van der Waals surface area contributed by atoms with E-state index in [4.69, 9.17) is 10.7 Å². The minimum atomic E-state index is -0.268. The number of hydrogen-bond acceptors (Lipinski definition) is 3. The maximum atomic E-state index is 9.93. The van der Waals surface area contributed by atoms with Crippen molar-refractivity contribution in [3.63, 3.8) is 0 Å². The first-order chi connectivity index (χ1) is 11.8. The molecule has 24 heavy (non-hydrogen) atoms. The topological polar surface area (TPSA) is 58.6 Å². The second-order valence-electron chi connectivity index (χ2n) is 5.63. The zero-order valence-electron chi connectivity index (χ0n) is 13.3. The highest BCUT2D eigenvalue weighted by molar-refractivity contribution is 5.83. The Hall–Kier alpha value is -2.91. The van der Waals surface area contributed by atoms with Crippen LogP contribution in [0.3, 0.4) is 0 Å². The Morgan fingerprint density at radius 1 is 0.750 bits per heavy atom. The summed E-state index contributed by atoms with van der Waals surface area (Å²) in [4.78, 5) is 4.69. The Labute approximate surface area is 142 Å². The number of aromatic hydroxyl groups is 1. The summed E-state index contributed by atoms with van der Waals surface area (Å²) in [5, 5.41) is 9.93. The van der Waals surface area contributed by atoms with Crippen LogP contribution >= 0.6 is 0 Å². The number of rotatable bonds is 5. The fourth-order valence-corrected chi connectivity index (χ4v) is 2.65. The second-order valence-corrected chi connectivity index (χ2v) is 5.63. The van der Waals surface area contributed by atoms with E-state index in [0.29, 0.717) is 5.56 Å². The van der Waals surface area contributed by atoms with Crippen molar-refractivity contribution in [3.05, 3.63) is 102 Å². The Bertz CT molecular complexity index is 800. The second kappa shape index (κ2) is 7.57. The van der Waals surface area contributed by atoms with Gasteiger partial charge in [0.25, 0.3) is 0 Å². The van der Waals surface area contributed by atoms with Gasteiger partial charge < -0.3 is 10.8 Å². The maximum absolute atomic E-state index is 9.93. The van der Waals surface area contributed by atoms with Crippen LogP contribution in [0.15, 0.2) is 89.9 Å². The standard InChI is InChI=1S/C21H20N2O/c22-20(16-9-3-1-4-10-16)21(17-11-5-2-6-12-17)23-15-18-13-7-8-14-19(18)24/h1-15,20-21,24H,22H2/t20-,21-/m0/s1. The smallest absolute Gasteiger partial charge is 0.124 e. The summed E-state index contributed by atoms with van der Waals surface area (Å²) >= 11 is 0. The minimum Gasteiger partial charge on any atom is -0.507 e. The molecule has 0 aliphatic heterocycles. The molecule has 3 heteroatoms. The van der Waals surface area contributed by atoms with E-state index >= 15 is 0 Å². The molecule has 0 spiro atoms. The Morgan fingerprint density at radius 2 is 1.29 bits per heavy atom. The molecule has 3 aromatic carbocycles. The number of phenolic OH excluding ortho intramolecular Hbond substituents is 1. The molecule has 2 atom stereocenters. The van der Waals surface area contributed by atoms with Crippen molar-refractivity contribution in [1.82, 2.24) is 0 Å². The Balaban J connectivity index is 1.95. The van der Waals surface area contributed by atoms with Crippen molar-refractivity contribution in [2.75, 3.05) is 0 Å². The van der Waals surface area contributed by atoms with Crippen LogP contribution in [-0.4, -0.2) is 11.3 Å². The van der Waals surface area contributed by atoms with Gasteiger partial charge in [0.15, 0.2) is 0 Å². The lowest BCUT2D eigenvalue weighted by Crippen LogP contribution is -2.18. The zero-order chi connectivity index (χ0) is 16.8. The molecule has 0 amide bonds. The predicted octanol–water partition coefficient (Wildman–Crippen LogP) is 4.25. The third kappa shape index (κ3) is 3.70. The van der Waals surface area contributed by atoms with Crippen LogP contribution in [0.1, 0.15) is 28.8 Å². The molecule has 0 aliphatic carbocycles. The first-order valence-corrected chi connectivity index (χ1v) is 7.92. The molecule has 3 nitrogen and oxygen atoms in total. The molecule has 3 aromatic rings. The van der Waals surface area contributed by atoms with Gasteiger partial charge in [-0.1, -0.05) is 72.8 Å². The molecule has 0 saturated carbocycles. The number of benzene rings is 3. The van der Waals surface area contributed by atoms with Gasteiger partial charge in [0.2, 0.25) is 0 Å². The number of aliphatic imine (C=N–C) groups is 1. The van der Waals surface area contributed by atoms with Crippen LogP contribution in [0, 0.1) is 0 Å². The summed E-state index contributed by atoms with van der Waals surface area (Å²) in [5.74, 6) is 0.210. The molecule has 3 rings (SSSR count). The lowest BCUT2D eigenvalue weighted by Gasteiger charge is -2.21. The summed E-state index contributed by atoms with van der Waals surface area (Å²) in [5.41, 5.74) is 9.25. The summed E-state index contributed by atoms with van der Waals surface area (Å²) < 4.78 is 0. The van der Waals surface area contributed by atoms with Gasteiger partial charge >= 0.3 is 0 Å². The van der Waals surface area contributed by atoms with Crippen LogP contribution in [0.5, 0.6) is 5.75 Å². The SMILES string of the molecule is N[C@@H](c1ccccc1)[C@@H](N=Cc1ccccc1O)c1ccccc1. The highest BCUT2D eigenvalue weighted by Gasteiger charge is 2.20. The third-order valence-electron chi connectivity index (χ3n) is 3.98. The molecule has 0 heterocycles. The number of nitrogens with two attached hydrogens (primary N) is 1. The molecule has 3 N–H and O–H groups in total. The average molecular weight is 316 g/mol. The summed E-state index contributed by atoms with van der Waals surface area (Å²) in [6, 6.07) is 26.6. The molecule has 0 unspecified atom stereocenters. The van der Waals surface area contributed by atoms with Gasteiger partial charge in [-0.25, -0.2) is 0 Å². The molecule has 0 bridgehead atoms. The van der Waals surface area contributed by atoms with Crippen LogP contribution in [0.2, 0.25) is 0 Å². The van der Waals surface area contributed by atoms with Crippen molar-refractivity contribution >= 4 is 6.21 Å². The fourth-order valence-electron chi connectivity index (χ4n) is 2.65. The van der Waals surface area contributed by atoms with E-state index in [1.807, 2.05) is 72.8 Å². The summed E-state index contributed by atoms with van der Waals surface area (Å²) in [7, 11) is 0.